The molecule has 4 saturated carbocycles. The van der Waals surface area contributed by atoms with Crippen molar-refractivity contribution in [2.75, 3.05) is 0 Å². The summed E-state index contributed by atoms with van der Waals surface area (Å²) in [7, 11) is 0. The minimum Gasteiger partial charge on any atom is -0.349 e. The summed E-state index contributed by atoms with van der Waals surface area (Å²) in [5.41, 5.74) is 0.861. The highest BCUT2D eigenvalue weighted by molar-refractivity contribution is 6.30. The van der Waals surface area contributed by atoms with E-state index in [0.29, 0.717) is 11.8 Å². The second-order valence-electron chi connectivity index (χ2n) is 8.14. The number of rotatable bonds is 3. The molecule has 124 valence electrons. The van der Waals surface area contributed by atoms with Crippen LogP contribution in [0.5, 0.6) is 0 Å². The van der Waals surface area contributed by atoms with Crippen LogP contribution in [0.25, 0.3) is 0 Å². The summed E-state index contributed by atoms with van der Waals surface area (Å²) in [5, 5.41) is 3.97. The van der Waals surface area contributed by atoms with Crippen molar-refractivity contribution < 1.29 is 4.79 Å². The number of hydrogen-bond donors (Lipinski definition) is 1. The highest BCUT2D eigenvalue weighted by Crippen LogP contribution is 2.63. The van der Waals surface area contributed by atoms with Gasteiger partial charge in [-0.05, 0) is 75.0 Å². The van der Waals surface area contributed by atoms with Crippen LogP contribution in [0, 0.1) is 17.3 Å². The third-order valence-electron chi connectivity index (χ3n) is 6.19. The molecule has 4 bridgehead atoms. The molecule has 5 atom stereocenters. The molecule has 1 amide bonds. The second kappa shape index (κ2) is 5.39. The van der Waals surface area contributed by atoms with Crippen LogP contribution in [0.2, 0.25) is 5.02 Å². The first-order valence-electron chi connectivity index (χ1n) is 8.63. The summed E-state index contributed by atoms with van der Waals surface area (Å²) in [6.45, 7) is 2.04. The maximum atomic E-state index is 13.1. The van der Waals surface area contributed by atoms with Crippen LogP contribution in [0.1, 0.15) is 57.1 Å². The molecular weight excluding hydrogens is 329 g/mol. The molecule has 4 fully saturated rings. The lowest BCUT2D eigenvalue weighted by molar-refractivity contribution is -0.145. The largest absolute Gasteiger partial charge is 0.349 e. The minimum atomic E-state index is -0.230. The fourth-order valence-corrected chi connectivity index (χ4v) is 6.42. The zero-order valence-electron chi connectivity index (χ0n) is 13.4. The lowest BCUT2D eigenvalue weighted by Crippen LogP contribution is -2.58. The van der Waals surface area contributed by atoms with E-state index in [9.17, 15) is 4.79 Å². The number of benzene rings is 1. The topological polar surface area (TPSA) is 29.1 Å². The summed E-state index contributed by atoms with van der Waals surface area (Å²) < 4.78 is 0. The molecule has 4 aliphatic carbocycles. The Bertz CT molecular complexity index is 613. The van der Waals surface area contributed by atoms with Gasteiger partial charge in [0.25, 0.3) is 0 Å². The van der Waals surface area contributed by atoms with E-state index in [0.717, 1.165) is 42.7 Å². The van der Waals surface area contributed by atoms with Crippen LogP contribution in [0.3, 0.4) is 0 Å². The average Bonchev–Trinajstić information content (AvgIpc) is 2.45. The molecule has 0 spiro atoms. The van der Waals surface area contributed by atoms with E-state index in [1.54, 1.807) is 0 Å². The normalized spacial score (nSPS) is 39.3. The van der Waals surface area contributed by atoms with Gasteiger partial charge in [-0.3, -0.25) is 4.79 Å². The number of alkyl halides is 1. The molecule has 1 N–H and O–H groups in total. The van der Waals surface area contributed by atoms with Gasteiger partial charge in [0.15, 0.2) is 0 Å². The van der Waals surface area contributed by atoms with Crippen LogP contribution >= 0.6 is 23.2 Å². The molecule has 4 aliphatic rings. The fraction of sp³-hybridized carbons (Fsp3) is 0.632. The Labute approximate surface area is 147 Å². The highest BCUT2D eigenvalue weighted by atomic mass is 35.5. The zero-order valence-corrected chi connectivity index (χ0v) is 15.0. The summed E-state index contributed by atoms with van der Waals surface area (Å²) in [6, 6.07) is 7.71. The van der Waals surface area contributed by atoms with Gasteiger partial charge in [-0.15, -0.1) is 11.6 Å². The van der Waals surface area contributed by atoms with E-state index in [1.807, 2.05) is 31.2 Å². The van der Waals surface area contributed by atoms with Gasteiger partial charge in [0.1, 0.15) is 0 Å². The van der Waals surface area contributed by atoms with Crippen LogP contribution in [0.15, 0.2) is 24.3 Å². The van der Waals surface area contributed by atoms with Crippen molar-refractivity contribution in [3.8, 4) is 0 Å². The molecule has 1 aromatic rings. The molecule has 2 nitrogen and oxygen atoms in total. The fourth-order valence-electron chi connectivity index (χ4n) is 5.60. The van der Waals surface area contributed by atoms with Gasteiger partial charge in [0.05, 0.1) is 11.5 Å². The van der Waals surface area contributed by atoms with E-state index in [4.69, 9.17) is 23.2 Å². The van der Waals surface area contributed by atoms with Crippen molar-refractivity contribution in [2.24, 2.45) is 17.3 Å². The molecule has 0 saturated heterocycles. The van der Waals surface area contributed by atoms with E-state index < -0.39 is 0 Å². The van der Waals surface area contributed by atoms with Crippen LogP contribution in [-0.2, 0) is 4.79 Å². The molecule has 23 heavy (non-hydrogen) atoms. The van der Waals surface area contributed by atoms with Crippen molar-refractivity contribution in [1.82, 2.24) is 5.32 Å². The predicted octanol–water partition coefficient (Wildman–Crippen LogP) is 5.10. The van der Waals surface area contributed by atoms with E-state index >= 15 is 0 Å². The van der Waals surface area contributed by atoms with Crippen LogP contribution in [0.4, 0.5) is 0 Å². The number of hydrogen-bond acceptors (Lipinski definition) is 1. The van der Waals surface area contributed by atoms with E-state index in [1.165, 1.54) is 6.42 Å². The SMILES string of the molecule is C[C@@H](NC(=O)C12C[C@@H]3C[C@@H](CC(Cl)(C3)C1)C2)c1ccc(Cl)cc1. The molecule has 4 heteroatoms. The first-order chi connectivity index (χ1) is 10.9. The minimum absolute atomic E-state index is 0.000883. The van der Waals surface area contributed by atoms with Crippen LogP contribution in [-0.4, -0.2) is 10.8 Å². The van der Waals surface area contributed by atoms with Crippen molar-refractivity contribution >= 4 is 29.1 Å². The number of nitrogens with one attached hydrogen (secondary N) is 1. The lowest BCUT2D eigenvalue weighted by Gasteiger charge is -2.59. The molecule has 0 aliphatic heterocycles. The Morgan fingerprint density at radius 3 is 2.35 bits per heavy atom. The van der Waals surface area contributed by atoms with E-state index in [-0.39, 0.29) is 22.2 Å². The number of halogens is 2. The third kappa shape index (κ3) is 2.78. The molecule has 2 unspecified atom stereocenters. The first kappa shape index (κ1) is 15.8. The van der Waals surface area contributed by atoms with Gasteiger partial charge in [0.2, 0.25) is 5.91 Å². The number of carbonyl (C=O) groups is 1. The van der Waals surface area contributed by atoms with Crippen molar-refractivity contribution in [3.63, 3.8) is 0 Å². The highest BCUT2D eigenvalue weighted by Gasteiger charge is 2.60. The third-order valence-corrected chi connectivity index (χ3v) is 6.88. The van der Waals surface area contributed by atoms with Crippen molar-refractivity contribution in [1.29, 1.82) is 0 Å². The monoisotopic (exact) mass is 351 g/mol. The van der Waals surface area contributed by atoms with Gasteiger partial charge < -0.3 is 5.32 Å². The quantitative estimate of drug-likeness (QED) is 0.754. The zero-order chi connectivity index (χ0) is 16.2. The Morgan fingerprint density at radius 1 is 1.17 bits per heavy atom. The molecule has 0 heterocycles. The maximum absolute atomic E-state index is 13.1. The summed E-state index contributed by atoms with van der Waals surface area (Å²) in [4.78, 5) is 13.0. The second-order valence-corrected chi connectivity index (χ2v) is 9.38. The Morgan fingerprint density at radius 2 is 1.78 bits per heavy atom. The molecular formula is C19H23Cl2NO. The molecule has 0 aromatic heterocycles. The molecule has 0 radical (unpaired) electrons. The van der Waals surface area contributed by atoms with Gasteiger partial charge in [-0.25, -0.2) is 0 Å². The van der Waals surface area contributed by atoms with Crippen molar-refractivity contribution in [2.45, 2.75) is 56.4 Å². The summed E-state index contributed by atoms with van der Waals surface area (Å²) >= 11 is 12.8. The van der Waals surface area contributed by atoms with Gasteiger partial charge in [-0.2, -0.15) is 0 Å². The number of carbonyl (C=O) groups excluding carboxylic acids is 1. The van der Waals surface area contributed by atoms with Crippen molar-refractivity contribution in [3.05, 3.63) is 34.9 Å². The summed E-state index contributed by atoms with van der Waals surface area (Å²) in [6.07, 6.45) is 6.39. The standard InChI is InChI=1S/C19H23Cl2NO/c1-12(15-2-4-16(20)5-3-15)22-17(23)18-7-13-6-14(8-18)10-19(21,9-13)11-18/h2-5,12-14H,6-11H2,1H3,(H,22,23)/t12-,13-,14+,18?,19?/m1/s1. The smallest absolute Gasteiger partial charge is 0.226 e. The van der Waals surface area contributed by atoms with Gasteiger partial charge in [0, 0.05) is 9.90 Å². The Balaban J connectivity index is 1.51. The Hall–Kier alpha value is -0.730. The lowest BCUT2D eigenvalue weighted by atomic mass is 9.49. The molecule has 5 rings (SSSR count). The first-order valence-corrected chi connectivity index (χ1v) is 9.38. The number of amides is 1. The van der Waals surface area contributed by atoms with Crippen LogP contribution < -0.4 is 5.32 Å². The molecule has 1 aromatic carbocycles. The van der Waals surface area contributed by atoms with E-state index in [2.05, 4.69) is 5.32 Å². The Kier molecular flexibility index (Phi) is 3.70. The van der Waals surface area contributed by atoms with Gasteiger partial charge >= 0.3 is 0 Å². The maximum Gasteiger partial charge on any atom is 0.226 e. The summed E-state index contributed by atoms with van der Waals surface area (Å²) in [5.74, 6) is 1.50. The average molecular weight is 352 g/mol. The predicted molar refractivity (Wildman–Crippen MR) is 93.7 cm³/mol. The van der Waals surface area contributed by atoms with Gasteiger partial charge in [-0.1, -0.05) is 23.7 Å².